The van der Waals surface area contributed by atoms with Gasteiger partial charge in [0.25, 0.3) is 6.02 Å². The fourth-order valence-corrected chi connectivity index (χ4v) is 4.22. The van der Waals surface area contributed by atoms with Gasteiger partial charge in [0.15, 0.2) is 0 Å². The van der Waals surface area contributed by atoms with E-state index in [1.807, 2.05) is 12.4 Å². The molecule has 2 heterocycles. The molecule has 0 bridgehead atoms. The number of aliphatic imine (C=N–C) groups is 1. The molecule has 1 aliphatic heterocycles. The summed E-state index contributed by atoms with van der Waals surface area (Å²) in [5.41, 5.74) is 10.3. The van der Waals surface area contributed by atoms with Crippen LogP contribution in [0.5, 0.6) is 0 Å². The maximum absolute atomic E-state index is 5.93. The van der Waals surface area contributed by atoms with E-state index in [-0.39, 0.29) is 11.5 Å². The van der Waals surface area contributed by atoms with Crippen LogP contribution in [0.15, 0.2) is 41.9 Å². The molecule has 1 aliphatic carbocycles. The lowest BCUT2D eigenvalue weighted by Gasteiger charge is -2.43. The van der Waals surface area contributed by atoms with Crippen molar-refractivity contribution in [3.8, 4) is 11.1 Å². The third-order valence-corrected chi connectivity index (χ3v) is 5.17. The molecule has 2 aliphatic rings. The molecule has 0 radical (unpaired) electrons. The second-order valence-electron chi connectivity index (χ2n) is 7.65. The summed E-state index contributed by atoms with van der Waals surface area (Å²) in [6.07, 6.45) is 7.09. The van der Waals surface area contributed by atoms with Gasteiger partial charge in [-0.15, -0.1) is 0 Å². The monoisotopic (exact) mass is 322 g/mol. The van der Waals surface area contributed by atoms with Crippen LogP contribution < -0.4 is 5.73 Å². The number of amidine groups is 1. The average Bonchev–Trinajstić information content (AvgIpc) is 2.81. The van der Waals surface area contributed by atoms with Crippen LogP contribution >= 0.6 is 0 Å². The Kier molecular flexibility index (Phi) is 3.17. The molecule has 2 atom stereocenters. The van der Waals surface area contributed by atoms with Crippen LogP contribution in [0.2, 0.25) is 0 Å². The zero-order valence-electron chi connectivity index (χ0n) is 14.3. The van der Waals surface area contributed by atoms with Crippen LogP contribution in [0, 0.1) is 5.41 Å². The van der Waals surface area contributed by atoms with Crippen molar-refractivity contribution in [3.05, 3.63) is 48.0 Å². The Bertz CT molecular complexity index is 815. The van der Waals surface area contributed by atoms with Gasteiger partial charge in [0.1, 0.15) is 18.0 Å². The van der Waals surface area contributed by atoms with Crippen molar-refractivity contribution in [3.63, 3.8) is 0 Å². The summed E-state index contributed by atoms with van der Waals surface area (Å²) >= 11 is 0. The molecular formula is C19H22N4O. The Balaban J connectivity index is 1.91. The van der Waals surface area contributed by atoms with Crippen LogP contribution in [0.25, 0.3) is 11.1 Å². The Morgan fingerprint density at radius 2 is 1.92 bits per heavy atom. The van der Waals surface area contributed by atoms with Gasteiger partial charge < -0.3 is 10.5 Å². The fraction of sp³-hybridized carbons (Fsp3) is 0.421. The van der Waals surface area contributed by atoms with Crippen LogP contribution in [0.3, 0.4) is 0 Å². The SMILES string of the molecule is CC1OC(N)=NC12CC(C)(C)Cc1ccc(-c3cncnc3)cc12. The minimum atomic E-state index is -0.410. The normalized spacial score (nSPS) is 27.5. The van der Waals surface area contributed by atoms with Gasteiger partial charge in [-0.3, -0.25) is 0 Å². The van der Waals surface area contributed by atoms with Crippen molar-refractivity contribution in [2.24, 2.45) is 16.1 Å². The number of rotatable bonds is 1. The molecule has 0 saturated heterocycles. The summed E-state index contributed by atoms with van der Waals surface area (Å²) in [6.45, 7) is 6.63. The molecule has 2 N–H and O–H groups in total. The average molecular weight is 322 g/mol. The van der Waals surface area contributed by atoms with E-state index in [1.165, 1.54) is 11.1 Å². The summed E-state index contributed by atoms with van der Waals surface area (Å²) in [4.78, 5) is 13.0. The summed E-state index contributed by atoms with van der Waals surface area (Å²) in [6, 6.07) is 6.85. The zero-order valence-corrected chi connectivity index (χ0v) is 14.3. The van der Waals surface area contributed by atoms with E-state index in [9.17, 15) is 0 Å². The van der Waals surface area contributed by atoms with Gasteiger partial charge in [0.05, 0.1) is 0 Å². The molecule has 0 amide bonds. The molecule has 0 saturated carbocycles. The number of fused-ring (bicyclic) bond motifs is 2. The number of hydrogen-bond donors (Lipinski definition) is 1. The van der Waals surface area contributed by atoms with E-state index >= 15 is 0 Å². The molecule has 1 aromatic heterocycles. The standard InChI is InChI=1S/C19H22N4O/c1-12-19(23-17(20)24-12)10-18(2,3)7-14-5-4-13(6-16(14)19)15-8-21-11-22-9-15/h4-6,8-9,11-12H,7,10H2,1-3H3,(H2,20,23). The van der Waals surface area contributed by atoms with Crippen LogP contribution in [-0.4, -0.2) is 22.1 Å². The summed E-state index contributed by atoms with van der Waals surface area (Å²) in [7, 11) is 0. The maximum Gasteiger partial charge on any atom is 0.283 e. The van der Waals surface area contributed by atoms with E-state index in [0.29, 0.717) is 6.02 Å². The largest absolute Gasteiger partial charge is 0.459 e. The smallest absolute Gasteiger partial charge is 0.283 e. The summed E-state index contributed by atoms with van der Waals surface area (Å²) in [5.74, 6) is 0. The van der Waals surface area contributed by atoms with Crippen molar-refractivity contribution >= 4 is 6.02 Å². The fourth-order valence-electron chi connectivity index (χ4n) is 4.22. The predicted molar refractivity (Wildman–Crippen MR) is 93.4 cm³/mol. The quantitative estimate of drug-likeness (QED) is 0.876. The molecule has 4 rings (SSSR count). The summed E-state index contributed by atoms with van der Waals surface area (Å²) in [5, 5.41) is 0. The lowest BCUT2D eigenvalue weighted by atomic mass is 9.63. The Hall–Kier alpha value is -2.43. The first kappa shape index (κ1) is 15.1. The minimum Gasteiger partial charge on any atom is -0.459 e. The van der Waals surface area contributed by atoms with Crippen molar-refractivity contribution in [2.45, 2.75) is 45.3 Å². The first-order valence-electron chi connectivity index (χ1n) is 8.30. The van der Waals surface area contributed by atoms with E-state index in [1.54, 1.807) is 6.33 Å². The Labute approximate surface area is 142 Å². The van der Waals surface area contributed by atoms with E-state index in [2.05, 4.69) is 48.9 Å². The topological polar surface area (TPSA) is 73.4 Å². The third-order valence-electron chi connectivity index (χ3n) is 5.17. The highest BCUT2D eigenvalue weighted by molar-refractivity contribution is 5.75. The first-order valence-corrected chi connectivity index (χ1v) is 8.30. The zero-order chi connectivity index (χ0) is 16.9. The molecular weight excluding hydrogens is 300 g/mol. The van der Waals surface area contributed by atoms with E-state index in [4.69, 9.17) is 15.5 Å². The van der Waals surface area contributed by atoms with Gasteiger partial charge in [0.2, 0.25) is 0 Å². The number of hydrogen-bond acceptors (Lipinski definition) is 5. The highest BCUT2D eigenvalue weighted by Gasteiger charge is 2.51. The van der Waals surface area contributed by atoms with Gasteiger partial charge in [-0.05, 0) is 47.9 Å². The molecule has 2 unspecified atom stereocenters. The molecule has 0 fully saturated rings. The third kappa shape index (κ3) is 2.27. The number of nitrogens with zero attached hydrogens (tertiary/aromatic N) is 3. The Morgan fingerprint density at radius 1 is 1.17 bits per heavy atom. The molecule has 24 heavy (non-hydrogen) atoms. The number of benzene rings is 1. The maximum atomic E-state index is 5.93. The van der Waals surface area contributed by atoms with Crippen molar-refractivity contribution < 1.29 is 4.74 Å². The van der Waals surface area contributed by atoms with Crippen molar-refractivity contribution in [1.29, 1.82) is 0 Å². The van der Waals surface area contributed by atoms with Gasteiger partial charge in [0, 0.05) is 18.0 Å². The second-order valence-corrected chi connectivity index (χ2v) is 7.65. The van der Waals surface area contributed by atoms with Crippen molar-refractivity contribution in [2.75, 3.05) is 0 Å². The number of ether oxygens (including phenoxy) is 1. The lowest BCUT2D eigenvalue weighted by Crippen LogP contribution is -2.43. The molecule has 1 aromatic carbocycles. The highest BCUT2D eigenvalue weighted by atomic mass is 16.5. The van der Waals surface area contributed by atoms with Crippen LogP contribution in [0.4, 0.5) is 0 Å². The van der Waals surface area contributed by atoms with Gasteiger partial charge >= 0.3 is 0 Å². The lowest BCUT2D eigenvalue weighted by molar-refractivity contribution is 0.0978. The number of nitrogens with two attached hydrogens (primary N) is 1. The molecule has 5 heteroatoms. The van der Waals surface area contributed by atoms with E-state index < -0.39 is 5.54 Å². The van der Waals surface area contributed by atoms with Crippen LogP contribution in [0.1, 0.15) is 38.3 Å². The van der Waals surface area contributed by atoms with Gasteiger partial charge in [-0.25, -0.2) is 15.0 Å². The first-order chi connectivity index (χ1) is 11.4. The van der Waals surface area contributed by atoms with Gasteiger partial charge in [-0.2, -0.15) is 0 Å². The second kappa shape index (κ2) is 5.03. The number of aromatic nitrogens is 2. The minimum absolute atomic E-state index is 0.0712. The van der Waals surface area contributed by atoms with Crippen molar-refractivity contribution in [1.82, 2.24) is 9.97 Å². The highest BCUT2D eigenvalue weighted by Crippen LogP contribution is 2.51. The van der Waals surface area contributed by atoms with Gasteiger partial charge in [-0.1, -0.05) is 26.0 Å². The predicted octanol–water partition coefficient (Wildman–Crippen LogP) is 3.04. The van der Waals surface area contributed by atoms with Crippen LogP contribution in [-0.2, 0) is 16.7 Å². The molecule has 5 nitrogen and oxygen atoms in total. The van der Waals surface area contributed by atoms with E-state index in [0.717, 1.165) is 24.0 Å². The molecule has 1 spiro atoms. The summed E-state index contributed by atoms with van der Waals surface area (Å²) < 4.78 is 5.75. The molecule has 2 aromatic rings. The molecule has 124 valence electrons. The Morgan fingerprint density at radius 3 is 2.58 bits per heavy atom.